The maximum Gasteiger partial charge on any atom is 0.153 e. The molecule has 0 N–H and O–H groups in total. The maximum absolute atomic E-state index is 11.2. The van der Waals surface area contributed by atoms with E-state index in [-0.39, 0.29) is 11.2 Å². The number of fused-ring (bicyclic) bond motifs is 1. The van der Waals surface area contributed by atoms with Gasteiger partial charge < -0.3 is 0 Å². The van der Waals surface area contributed by atoms with E-state index in [4.69, 9.17) is 0 Å². The number of rotatable bonds is 2. The van der Waals surface area contributed by atoms with Crippen molar-refractivity contribution in [1.82, 2.24) is 4.98 Å². The molecule has 0 aliphatic heterocycles. The zero-order chi connectivity index (χ0) is 11.3. The molecule has 0 radical (unpaired) electrons. The minimum Gasteiger partial charge on any atom is -0.244 e. The summed E-state index contributed by atoms with van der Waals surface area (Å²) < 4.78 is 22.3. The molecule has 0 bridgehead atoms. The highest BCUT2D eigenvalue weighted by molar-refractivity contribution is 7.90. The lowest BCUT2D eigenvalue weighted by Crippen LogP contribution is -2.13. The Morgan fingerprint density at radius 2 is 2.13 bits per heavy atom. The largest absolute Gasteiger partial charge is 0.244 e. The molecule has 0 unspecified atom stereocenters. The average molecular weight is 245 g/mol. The molecule has 1 aliphatic rings. The summed E-state index contributed by atoms with van der Waals surface area (Å²) in [4.78, 5) is 5.74. The quantitative estimate of drug-likeness (QED) is 0.799. The van der Waals surface area contributed by atoms with Gasteiger partial charge in [-0.3, -0.25) is 0 Å². The minimum atomic E-state index is -2.95. The van der Waals surface area contributed by atoms with Crippen LogP contribution in [0.1, 0.15) is 35.8 Å². The van der Waals surface area contributed by atoms with Crippen LogP contribution in [0.5, 0.6) is 0 Å². The second kappa shape index (κ2) is 3.28. The van der Waals surface area contributed by atoms with Crippen molar-refractivity contribution in [3.8, 4) is 0 Å². The Labute approximate surface area is 94.5 Å². The number of nitrogens with zero attached hydrogens (tertiary/aromatic N) is 1. The summed E-state index contributed by atoms with van der Waals surface area (Å²) in [5.41, 5.74) is 1.24. The van der Waals surface area contributed by atoms with Crippen molar-refractivity contribution in [1.29, 1.82) is 0 Å². The highest BCUT2D eigenvalue weighted by Gasteiger charge is 2.33. The van der Waals surface area contributed by atoms with Gasteiger partial charge in [-0.25, -0.2) is 13.4 Å². The first-order valence-electron chi connectivity index (χ1n) is 4.95. The predicted octanol–water partition coefficient (Wildman–Crippen LogP) is 1.91. The highest BCUT2D eigenvalue weighted by atomic mass is 32.2. The van der Waals surface area contributed by atoms with E-state index in [0.717, 1.165) is 23.5 Å². The van der Waals surface area contributed by atoms with Gasteiger partial charge in [0, 0.05) is 16.5 Å². The topological polar surface area (TPSA) is 47.0 Å². The van der Waals surface area contributed by atoms with Crippen LogP contribution in [0.25, 0.3) is 0 Å². The van der Waals surface area contributed by atoms with E-state index in [2.05, 4.69) is 18.8 Å². The van der Waals surface area contributed by atoms with Crippen molar-refractivity contribution in [3.63, 3.8) is 0 Å². The number of hydrogen-bond donors (Lipinski definition) is 0. The summed E-state index contributed by atoms with van der Waals surface area (Å²) in [7, 11) is -2.95. The van der Waals surface area contributed by atoms with Gasteiger partial charge in [0.25, 0.3) is 0 Å². The van der Waals surface area contributed by atoms with Crippen molar-refractivity contribution in [2.45, 2.75) is 37.9 Å². The van der Waals surface area contributed by atoms with E-state index in [1.807, 2.05) is 0 Å². The first-order valence-corrected chi connectivity index (χ1v) is 7.82. The SMILES string of the molecule is CC1(C)CCc2sc(CS(C)(=O)=O)nc21. The van der Waals surface area contributed by atoms with Gasteiger partial charge in [0.1, 0.15) is 10.8 Å². The second-order valence-electron chi connectivity index (χ2n) is 4.83. The third kappa shape index (κ3) is 2.23. The van der Waals surface area contributed by atoms with Crippen molar-refractivity contribution >= 4 is 21.2 Å². The Hall–Kier alpha value is -0.420. The lowest BCUT2D eigenvalue weighted by Gasteiger charge is -2.15. The molecule has 0 saturated carbocycles. The highest BCUT2D eigenvalue weighted by Crippen LogP contribution is 2.40. The maximum atomic E-state index is 11.2. The van der Waals surface area contributed by atoms with Crippen LogP contribution >= 0.6 is 11.3 Å². The van der Waals surface area contributed by atoms with Gasteiger partial charge in [-0.15, -0.1) is 11.3 Å². The van der Waals surface area contributed by atoms with E-state index in [1.54, 1.807) is 11.3 Å². The fourth-order valence-corrected chi connectivity index (χ4v) is 4.36. The van der Waals surface area contributed by atoms with Crippen molar-refractivity contribution in [2.24, 2.45) is 0 Å². The predicted molar refractivity (Wildman–Crippen MR) is 62.0 cm³/mol. The summed E-state index contributed by atoms with van der Waals surface area (Å²) >= 11 is 1.56. The molecule has 0 atom stereocenters. The van der Waals surface area contributed by atoms with Gasteiger partial charge in [-0.1, -0.05) is 13.8 Å². The lowest BCUT2D eigenvalue weighted by atomic mass is 9.91. The Kier molecular flexibility index (Phi) is 2.43. The minimum absolute atomic E-state index is 0.0841. The fourth-order valence-electron chi connectivity index (χ4n) is 1.93. The molecule has 0 fully saturated rings. The summed E-state index contributed by atoms with van der Waals surface area (Å²) in [6.45, 7) is 4.34. The van der Waals surface area contributed by atoms with Crippen LogP contribution in [0.2, 0.25) is 0 Å². The van der Waals surface area contributed by atoms with Crippen LogP contribution in [0.15, 0.2) is 0 Å². The molecule has 3 nitrogen and oxygen atoms in total. The standard InChI is InChI=1S/C10H15NO2S2/c1-10(2)5-4-7-9(10)11-8(14-7)6-15(3,12)13/h4-6H2,1-3H3. The summed E-state index contributed by atoms with van der Waals surface area (Å²) in [6.07, 6.45) is 3.43. The fraction of sp³-hybridized carbons (Fsp3) is 0.700. The Bertz CT molecular complexity index is 486. The van der Waals surface area contributed by atoms with Gasteiger partial charge in [0.15, 0.2) is 9.84 Å². The lowest BCUT2D eigenvalue weighted by molar-refractivity contribution is 0.508. The summed E-state index contributed by atoms with van der Waals surface area (Å²) in [5.74, 6) is 0.0841. The molecule has 0 amide bonds. The number of thiazole rings is 1. The average Bonchev–Trinajstić information content (AvgIpc) is 2.50. The molecule has 2 rings (SSSR count). The molecule has 15 heavy (non-hydrogen) atoms. The number of aromatic nitrogens is 1. The van der Waals surface area contributed by atoms with E-state index in [9.17, 15) is 8.42 Å². The molecule has 1 aliphatic carbocycles. The molecule has 5 heteroatoms. The molecular formula is C10H15NO2S2. The molecule has 0 saturated heterocycles. The van der Waals surface area contributed by atoms with Crippen molar-refractivity contribution in [3.05, 3.63) is 15.6 Å². The van der Waals surface area contributed by atoms with Crippen molar-refractivity contribution in [2.75, 3.05) is 6.26 Å². The number of hydrogen-bond acceptors (Lipinski definition) is 4. The Morgan fingerprint density at radius 3 is 2.67 bits per heavy atom. The smallest absolute Gasteiger partial charge is 0.153 e. The van der Waals surface area contributed by atoms with Gasteiger partial charge >= 0.3 is 0 Å². The number of aryl methyl sites for hydroxylation is 1. The molecule has 0 aromatic carbocycles. The van der Waals surface area contributed by atoms with Crippen LogP contribution in [0.4, 0.5) is 0 Å². The van der Waals surface area contributed by atoms with Crippen LogP contribution in [-0.4, -0.2) is 19.7 Å². The van der Waals surface area contributed by atoms with E-state index in [1.165, 1.54) is 11.1 Å². The Morgan fingerprint density at radius 1 is 1.47 bits per heavy atom. The molecule has 84 valence electrons. The second-order valence-corrected chi connectivity index (χ2v) is 8.14. The van der Waals surface area contributed by atoms with Gasteiger partial charge in [-0.05, 0) is 12.8 Å². The first kappa shape index (κ1) is 11.1. The molecule has 1 heterocycles. The van der Waals surface area contributed by atoms with Crippen molar-refractivity contribution < 1.29 is 8.42 Å². The zero-order valence-electron chi connectivity index (χ0n) is 9.20. The van der Waals surface area contributed by atoms with E-state index < -0.39 is 9.84 Å². The van der Waals surface area contributed by atoms with Crippen LogP contribution in [-0.2, 0) is 27.4 Å². The number of sulfone groups is 1. The molecule has 1 aromatic heterocycles. The van der Waals surface area contributed by atoms with E-state index >= 15 is 0 Å². The summed E-state index contributed by atoms with van der Waals surface area (Å²) in [5, 5.41) is 0.746. The van der Waals surface area contributed by atoms with Gasteiger partial charge in [-0.2, -0.15) is 0 Å². The third-order valence-electron chi connectivity index (χ3n) is 2.75. The monoisotopic (exact) mass is 245 g/mol. The van der Waals surface area contributed by atoms with E-state index in [0.29, 0.717) is 0 Å². The molecule has 0 spiro atoms. The zero-order valence-corrected chi connectivity index (χ0v) is 10.8. The summed E-state index contributed by atoms with van der Waals surface area (Å²) in [6, 6.07) is 0. The Balaban J connectivity index is 2.34. The molecule has 1 aromatic rings. The van der Waals surface area contributed by atoms with Crippen LogP contribution < -0.4 is 0 Å². The normalized spacial score (nSPS) is 19.1. The first-order chi connectivity index (χ1) is 6.78. The molecular weight excluding hydrogens is 230 g/mol. The third-order valence-corrected chi connectivity index (χ3v) is 4.84. The van der Waals surface area contributed by atoms with Crippen LogP contribution in [0, 0.1) is 0 Å². The van der Waals surface area contributed by atoms with Gasteiger partial charge in [0.2, 0.25) is 0 Å². The van der Waals surface area contributed by atoms with Crippen LogP contribution in [0.3, 0.4) is 0 Å². The van der Waals surface area contributed by atoms with Gasteiger partial charge in [0.05, 0.1) is 5.69 Å².